The molecule has 4 atom stereocenters. The Labute approximate surface area is 229 Å². The van der Waals surface area contributed by atoms with Gasteiger partial charge in [-0.3, -0.25) is 14.9 Å². The first-order valence-electron chi connectivity index (χ1n) is 12.3. The van der Waals surface area contributed by atoms with E-state index in [1.54, 1.807) is 13.0 Å². The maximum atomic E-state index is 13.9. The Morgan fingerprint density at radius 2 is 1.86 bits per heavy atom. The van der Waals surface area contributed by atoms with Crippen molar-refractivity contribution in [3.05, 3.63) is 65.2 Å². The summed E-state index contributed by atoms with van der Waals surface area (Å²) >= 11 is 0. The van der Waals surface area contributed by atoms with Crippen molar-refractivity contribution >= 4 is 48.3 Å². The number of carbonyl (C=O) groups is 3. The van der Waals surface area contributed by atoms with Crippen LogP contribution in [0.25, 0.3) is 0 Å². The molecule has 2 aliphatic rings. The van der Waals surface area contributed by atoms with E-state index in [1.165, 1.54) is 4.90 Å². The van der Waals surface area contributed by atoms with Gasteiger partial charge in [-0.05, 0) is 68.2 Å². The number of hydrogen-bond acceptors (Lipinski definition) is 6. The number of aliphatic carboxylic acids is 1. The number of piperidine rings is 1. The van der Waals surface area contributed by atoms with E-state index in [0.717, 1.165) is 16.7 Å². The number of anilines is 1. The summed E-state index contributed by atoms with van der Waals surface area (Å²) in [4.78, 5) is 40.4. The van der Waals surface area contributed by atoms with E-state index in [0.29, 0.717) is 37.8 Å². The lowest BCUT2D eigenvalue weighted by atomic mass is 9.88. The molecule has 2 aromatic rings. The third kappa shape index (κ3) is 6.74. The Balaban J connectivity index is 0.00000241. The smallest absolute Gasteiger partial charge is 0.326 e. The SMILES string of the molecule is CCOC(=O)C(CCc1ccccc1)N[C@H]1Cc2c(N)cccc2[C@H]2CCC[C@@H](C(=O)O)N2C1=O.Cl.Cl. The normalized spacial score (nSPS) is 21.3. The fourth-order valence-corrected chi connectivity index (χ4v) is 5.34. The second-order valence-electron chi connectivity index (χ2n) is 9.21. The number of aryl methyl sites for hydroxylation is 1. The Morgan fingerprint density at radius 1 is 1.14 bits per heavy atom. The molecule has 10 heteroatoms. The predicted octanol–water partition coefficient (Wildman–Crippen LogP) is 3.70. The van der Waals surface area contributed by atoms with Crippen molar-refractivity contribution in [3.63, 3.8) is 0 Å². The third-order valence-corrected chi connectivity index (χ3v) is 7.02. The number of halogens is 2. The van der Waals surface area contributed by atoms with Crippen molar-refractivity contribution in [3.8, 4) is 0 Å². The summed E-state index contributed by atoms with van der Waals surface area (Å²) in [7, 11) is 0. The van der Waals surface area contributed by atoms with Gasteiger partial charge in [0.1, 0.15) is 12.1 Å². The molecule has 202 valence electrons. The molecule has 1 fully saturated rings. The number of nitrogens with two attached hydrogens (primary N) is 1. The molecule has 0 aromatic heterocycles. The van der Waals surface area contributed by atoms with Crippen LogP contribution in [0.5, 0.6) is 0 Å². The molecule has 0 saturated carbocycles. The van der Waals surface area contributed by atoms with E-state index < -0.39 is 30.1 Å². The second kappa shape index (κ2) is 13.7. The summed E-state index contributed by atoms with van der Waals surface area (Å²) in [5.41, 5.74) is 9.72. The number of nitrogen functional groups attached to an aromatic ring is 1. The van der Waals surface area contributed by atoms with Gasteiger partial charge in [-0.1, -0.05) is 42.5 Å². The summed E-state index contributed by atoms with van der Waals surface area (Å²) < 4.78 is 5.31. The molecule has 2 aromatic carbocycles. The van der Waals surface area contributed by atoms with E-state index in [2.05, 4.69) is 5.32 Å². The molecule has 1 saturated heterocycles. The van der Waals surface area contributed by atoms with E-state index >= 15 is 0 Å². The fraction of sp³-hybridized carbons (Fsp3) is 0.444. The number of nitrogens with zero attached hydrogens (tertiary/aromatic N) is 1. The number of benzene rings is 2. The lowest BCUT2D eigenvalue weighted by Crippen LogP contribution is -2.57. The number of carbonyl (C=O) groups excluding carboxylic acids is 2. The molecule has 2 aliphatic heterocycles. The number of carboxylic acids is 1. The molecule has 0 aliphatic carbocycles. The molecule has 8 nitrogen and oxygen atoms in total. The number of hydrogen-bond donors (Lipinski definition) is 3. The van der Waals surface area contributed by atoms with Gasteiger partial charge in [-0.15, -0.1) is 24.8 Å². The Kier molecular flexibility index (Phi) is 11.2. The molecule has 0 bridgehead atoms. The van der Waals surface area contributed by atoms with Gasteiger partial charge >= 0.3 is 11.9 Å². The van der Waals surface area contributed by atoms with Gasteiger partial charge in [-0.2, -0.15) is 0 Å². The Hall–Kier alpha value is -2.81. The molecule has 1 amide bonds. The molecule has 37 heavy (non-hydrogen) atoms. The highest BCUT2D eigenvalue weighted by Gasteiger charge is 2.45. The third-order valence-electron chi connectivity index (χ3n) is 7.02. The van der Waals surface area contributed by atoms with E-state index in [4.69, 9.17) is 10.5 Å². The Morgan fingerprint density at radius 3 is 2.54 bits per heavy atom. The van der Waals surface area contributed by atoms with Crippen LogP contribution in [0.4, 0.5) is 5.69 Å². The molecular weight excluding hydrogens is 517 g/mol. The summed E-state index contributed by atoms with van der Waals surface area (Å²) in [6, 6.07) is 12.6. The van der Waals surface area contributed by atoms with Crippen LogP contribution >= 0.6 is 24.8 Å². The van der Waals surface area contributed by atoms with Gasteiger partial charge in [0.2, 0.25) is 5.91 Å². The van der Waals surface area contributed by atoms with Gasteiger partial charge in [0.15, 0.2) is 0 Å². The van der Waals surface area contributed by atoms with Gasteiger partial charge in [0, 0.05) is 5.69 Å². The van der Waals surface area contributed by atoms with Crippen LogP contribution in [0.3, 0.4) is 0 Å². The lowest BCUT2D eigenvalue weighted by Gasteiger charge is -2.41. The van der Waals surface area contributed by atoms with E-state index in [-0.39, 0.29) is 49.8 Å². The average molecular weight is 552 g/mol. The summed E-state index contributed by atoms with van der Waals surface area (Å²) in [5, 5.41) is 13.2. The first-order chi connectivity index (χ1) is 16.9. The summed E-state index contributed by atoms with van der Waals surface area (Å²) in [5.74, 6) is -1.75. The summed E-state index contributed by atoms with van der Waals surface area (Å²) in [6.45, 7) is 1.97. The van der Waals surface area contributed by atoms with Crippen molar-refractivity contribution in [2.75, 3.05) is 12.3 Å². The minimum absolute atomic E-state index is 0. The van der Waals surface area contributed by atoms with Gasteiger partial charge in [0.05, 0.1) is 18.7 Å². The molecule has 2 heterocycles. The molecule has 0 radical (unpaired) electrons. The zero-order chi connectivity index (χ0) is 24.9. The number of fused-ring (bicyclic) bond motifs is 3. The zero-order valence-electron chi connectivity index (χ0n) is 20.8. The topological polar surface area (TPSA) is 122 Å². The highest BCUT2D eigenvalue weighted by atomic mass is 35.5. The Bertz CT molecular complexity index is 1080. The summed E-state index contributed by atoms with van der Waals surface area (Å²) in [6.07, 6.45) is 3.13. The van der Waals surface area contributed by atoms with Gasteiger partial charge in [-0.25, -0.2) is 4.79 Å². The maximum absolute atomic E-state index is 13.9. The standard InChI is InChI=1S/C27H33N3O5.2ClH/c1-2-35-27(34)21(15-14-17-8-4-3-5-9-17)29-22-16-19-18(10-6-11-20(19)28)23-12-7-13-24(26(32)33)30(23)25(22)31;;/h3-6,8-11,21-24,29H,2,7,12-16,28H2,1H3,(H,32,33);2*1H/t21?,22-,23+,24-;;/m0../s1. The molecule has 0 spiro atoms. The van der Waals surface area contributed by atoms with E-state index in [1.807, 2.05) is 42.5 Å². The number of carboxylic acid groups (broad SMARTS) is 1. The monoisotopic (exact) mass is 551 g/mol. The fourth-order valence-electron chi connectivity index (χ4n) is 5.34. The second-order valence-corrected chi connectivity index (χ2v) is 9.21. The molecular formula is C27H35Cl2N3O5. The van der Waals surface area contributed by atoms with Crippen molar-refractivity contribution in [2.24, 2.45) is 0 Å². The maximum Gasteiger partial charge on any atom is 0.326 e. The number of esters is 1. The van der Waals surface area contributed by atoms with Crippen LogP contribution in [0.15, 0.2) is 48.5 Å². The van der Waals surface area contributed by atoms with Crippen molar-refractivity contribution in [2.45, 2.75) is 69.6 Å². The first kappa shape index (κ1) is 30.4. The highest BCUT2D eigenvalue weighted by molar-refractivity contribution is 5.90. The highest BCUT2D eigenvalue weighted by Crippen LogP contribution is 2.40. The minimum atomic E-state index is -1.01. The number of nitrogens with one attached hydrogen (secondary N) is 1. The molecule has 4 N–H and O–H groups in total. The predicted molar refractivity (Wildman–Crippen MR) is 146 cm³/mol. The largest absolute Gasteiger partial charge is 0.480 e. The lowest BCUT2D eigenvalue weighted by molar-refractivity contribution is -0.156. The quantitative estimate of drug-likeness (QED) is 0.337. The molecule has 4 rings (SSSR count). The number of ether oxygens (including phenoxy) is 1. The number of amides is 1. The average Bonchev–Trinajstić information content (AvgIpc) is 2.98. The van der Waals surface area contributed by atoms with Crippen LogP contribution in [0.2, 0.25) is 0 Å². The van der Waals surface area contributed by atoms with Crippen LogP contribution < -0.4 is 11.1 Å². The van der Waals surface area contributed by atoms with Crippen molar-refractivity contribution < 1.29 is 24.2 Å². The van der Waals surface area contributed by atoms with Crippen LogP contribution in [-0.4, -0.2) is 52.6 Å². The van der Waals surface area contributed by atoms with Crippen LogP contribution in [-0.2, 0) is 32.0 Å². The van der Waals surface area contributed by atoms with Crippen molar-refractivity contribution in [1.29, 1.82) is 0 Å². The van der Waals surface area contributed by atoms with Crippen molar-refractivity contribution in [1.82, 2.24) is 10.2 Å². The first-order valence-corrected chi connectivity index (χ1v) is 12.3. The number of rotatable bonds is 8. The van der Waals surface area contributed by atoms with Crippen LogP contribution in [0, 0.1) is 0 Å². The zero-order valence-corrected chi connectivity index (χ0v) is 22.4. The van der Waals surface area contributed by atoms with E-state index in [9.17, 15) is 19.5 Å². The van der Waals surface area contributed by atoms with Gasteiger partial charge < -0.3 is 20.5 Å². The van der Waals surface area contributed by atoms with Crippen LogP contribution in [0.1, 0.15) is 55.3 Å². The molecule has 1 unspecified atom stereocenters. The minimum Gasteiger partial charge on any atom is -0.480 e. The van der Waals surface area contributed by atoms with Gasteiger partial charge in [0.25, 0.3) is 0 Å².